The van der Waals surface area contributed by atoms with Crippen LogP contribution in [-0.2, 0) is 19.1 Å². The molecule has 6 heteroatoms. The maximum Gasteiger partial charge on any atom is 0.328 e. The first-order valence-electron chi connectivity index (χ1n) is 6.15. The van der Waals surface area contributed by atoms with Crippen molar-refractivity contribution in [3.05, 3.63) is 0 Å². The molecule has 0 spiro atoms. The Morgan fingerprint density at radius 1 is 1.39 bits per heavy atom. The second-order valence-corrected chi connectivity index (χ2v) is 4.91. The van der Waals surface area contributed by atoms with E-state index in [1.807, 2.05) is 0 Å². The molecule has 6 nitrogen and oxygen atoms in total. The van der Waals surface area contributed by atoms with E-state index in [1.165, 1.54) is 13.8 Å². The number of hydrogen-bond acceptors (Lipinski definition) is 4. The van der Waals surface area contributed by atoms with E-state index in [1.54, 1.807) is 0 Å². The Morgan fingerprint density at radius 3 is 2.56 bits per heavy atom. The SMILES string of the molecule is CC(C)(NC(=O)CCOC1CCOCC1)C(=O)O. The first kappa shape index (κ1) is 14.9. The van der Waals surface area contributed by atoms with Gasteiger partial charge in [0.1, 0.15) is 5.54 Å². The van der Waals surface area contributed by atoms with Crippen molar-refractivity contribution in [2.45, 2.75) is 44.8 Å². The zero-order valence-corrected chi connectivity index (χ0v) is 10.9. The van der Waals surface area contributed by atoms with Gasteiger partial charge in [-0.2, -0.15) is 0 Å². The fourth-order valence-electron chi connectivity index (χ4n) is 1.63. The molecule has 0 radical (unpaired) electrons. The average molecular weight is 259 g/mol. The van der Waals surface area contributed by atoms with Crippen molar-refractivity contribution in [3.8, 4) is 0 Å². The normalized spacial score (nSPS) is 17.4. The van der Waals surface area contributed by atoms with Gasteiger partial charge >= 0.3 is 5.97 Å². The topological polar surface area (TPSA) is 84.9 Å². The predicted molar refractivity (Wildman–Crippen MR) is 64.3 cm³/mol. The summed E-state index contributed by atoms with van der Waals surface area (Å²) in [5.74, 6) is -1.37. The Morgan fingerprint density at radius 2 is 2.00 bits per heavy atom. The number of amides is 1. The molecule has 0 aromatic carbocycles. The highest BCUT2D eigenvalue weighted by atomic mass is 16.5. The fraction of sp³-hybridized carbons (Fsp3) is 0.833. The highest BCUT2D eigenvalue weighted by Gasteiger charge is 2.28. The largest absolute Gasteiger partial charge is 0.480 e. The van der Waals surface area contributed by atoms with Gasteiger partial charge < -0.3 is 19.9 Å². The molecule has 0 aromatic heterocycles. The monoisotopic (exact) mass is 259 g/mol. The summed E-state index contributed by atoms with van der Waals surface area (Å²) in [6, 6.07) is 0. The van der Waals surface area contributed by atoms with Crippen molar-refractivity contribution in [1.82, 2.24) is 5.32 Å². The Kier molecular flexibility index (Phi) is 5.55. The van der Waals surface area contributed by atoms with E-state index in [2.05, 4.69) is 5.32 Å². The van der Waals surface area contributed by atoms with Crippen molar-refractivity contribution >= 4 is 11.9 Å². The second-order valence-electron chi connectivity index (χ2n) is 4.91. The Bertz CT molecular complexity index is 297. The lowest BCUT2D eigenvalue weighted by Crippen LogP contribution is -2.49. The molecule has 1 aliphatic rings. The summed E-state index contributed by atoms with van der Waals surface area (Å²) >= 11 is 0. The van der Waals surface area contributed by atoms with Crippen molar-refractivity contribution in [1.29, 1.82) is 0 Å². The number of carboxylic acid groups (broad SMARTS) is 1. The predicted octanol–water partition coefficient (Wildman–Crippen LogP) is 0.552. The molecule has 1 fully saturated rings. The molecule has 104 valence electrons. The number of carboxylic acids is 1. The minimum atomic E-state index is -1.24. The minimum Gasteiger partial charge on any atom is -0.480 e. The number of hydrogen-bond donors (Lipinski definition) is 2. The van der Waals surface area contributed by atoms with E-state index in [4.69, 9.17) is 14.6 Å². The van der Waals surface area contributed by atoms with Crippen LogP contribution in [0.15, 0.2) is 0 Å². The van der Waals surface area contributed by atoms with Gasteiger partial charge in [-0.1, -0.05) is 0 Å². The molecule has 1 rings (SSSR count). The molecule has 1 amide bonds. The molecule has 0 bridgehead atoms. The van der Waals surface area contributed by atoms with Gasteiger partial charge in [0.15, 0.2) is 0 Å². The zero-order chi connectivity index (χ0) is 13.6. The van der Waals surface area contributed by atoms with Crippen LogP contribution in [0.1, 0.15) is 33.1 Å². The summed E-state index contributed by atoms with van der Waals surface area (Å²) in [5.41, 5.74) is -1.24. The Hall–Kier alpha value is -1.14. The minimum absolute atomic E-state index is 0.152. The molecule has 1 saturated heterocycles. The highest BCUT2D eigenvalue weighted by molar-refractivity contribution is 5.86. The molecular formula is C12H21NO5. The number of ether oxygens (including phenoxy) is 2. The van der Waals surface area contributed by atoms with Gasteiger partial charge in [0, 0.05) is 19.6 Å². The van der Waals surface area contributed by atoms with Crippen LogP contribution < -0.4 is 5.32 Å². The van der Waals surface area contributed by atoms with Crippen molar-refractivity contribution in [3.63, 3.8) is 0 Å². The van der Waals surface area contributed by atoms with Crippen LogP contribution in [0.25, 0.3) is 0 Å². The first-order chi connectivity index (χ1) is 8.42. The molecule has 0 atom stereocenters. The molecular weight excluding hydrogens is 238 g/mol. The van der Waals surface area contributed by atoms with Crippen molar-refractivity contribution in [2.24, 2.45) is 0 Å². The third kappa shape index (κ3) is 5.01. The van der Waals surface area contributed by atoms with Crippen LogP contribution in [0.3, 0.4) is 0 Å². The van der Waals surface area contributed by atoms with Gasteiger partial charge in [-0.3, -0.25) is 4.79 Å². The molecule has 0 aromatic rings. The maximum absolute atomic E-state index is 11.5. The lowest BCUT2D eigenvalue weighted by atomic mass is 10.1. The quantitative estimate of drug-likeness (QED) is 0.727. The zero-order valence-electron chi connectivity index (χ0n) is 10.9. The van der Waals surface area contributed by atoms with Crippen LogP contribution in [0.4, 0.5) is 0 Å². The second kappa shape index (κ2) is 6.70. The molecule has 0 unspecified atom stereocenters. The summed E-state index contributed by atoms with van der Waals surface area (Å²) in [6.07, 6.45) is 2.03. The van der Waals surface area contributed by atoms with Crippen LogP contribution >= 0.6 is 0 Å². The summed E-state index contributed by atoms with van der Waals surface area (Å²) in [7, 11) is 0. The molecule has 0 aliphatic carbocycles. The van der Waals surface area contributed by atoms with Crippen LogP contribution in [0, 0.1) is 0 Å². The number of carbonyl (C=O) groups excluding carboxylic acids is 1. The van der Waals surface area contributed by atoms with Gasteiger partial charge in [-0.25, -0.2) is 4.79 Å². The van der Waals surface area contributed by atoms with Gasteiger partial charge in [-0.05, 0) is 26.7 Å². The van der Waals surface area contributed by atoms with E-state index in [0.717, 1.165) is 12.8 Å². The van der Waals surface area contributed by atoms with E-state index >= 15 is 0 Å². The summed E-state index contributed by atoms with van der Waals surface area (Å²) < 4.78 is 10.7. The van der Waals surface area contributed by atoms with E-state index in [0.29, 0.717) is 19.8 Å². The van der Waals surface area contributed by atoms with Gasteiger partial charge in [0.25, 0.3) is 0 Å². The number of rotatable bonds is 6. The van der Waals surface area contributed by atoms with E-state index in [9.17, 15) is 9.59 Å². The Labute approximate surface area is 107 Å². The molecule has 18 heavy (non-hydrogen) atoms. The lowest BCUT2D eigenvalue weighted by Gasteiger charge is -2.23. The van der Waals surface area contributed by atoms with Gasteiger partial charge in [0.05, 0.1) is 12.7 Å². The molecule has 0 saturated carbocycles. The molecule has 1 aliphatic heterocycles. The van der Waals surface area contributed by atoms with Crippen molar-refractivity contribution < 1.29 is 24.2 Å². The Balaban J connectivity index is 2.18. The molecule has 1 heterocycles. The fourth-order valence-corrected chi connectivity index (χ4v) is 1.63. The third-order valence-corrected chi connectivity index (χ3v) is 2.84. The third-order valence-electron chi connectivity index (χ3n) is 2.84. The lowest BCUT2D eigenvalue weighted by molar-refractivity contribution is -0.146. The standard InChI is InChI=1S/C12H21NO5/c1-12(2,11(15)16)13-10(14)5-8-18-9-3-6-17-7-4-9/h9H,3-8H2,1-2H3,(H,13,14)(H,15,16). The van der Waals surface area contributed by atoms with Crippen LogP contribution in [-0.4, -0.2) is 48.4 Å². The van der Waals surface area contributed by atoms with Crippen molar-refractivity contribution in [2.75, 3.05) is 19.8 Å². The average Bonchev–Trinajstić information content (AvgIpc) is 2.29. The first-order valence-corrected chi connectivity index (χ1v) is 6.15. The maximum atomic E-state index is 11.5. The van der Waals surface area contributed by atoms with Crippen LogP contribution in [0.2, 0.25) is 0 Å². The number of nitrogens with one attached hydrogen (secondary N) is 1. The number of carbonyl (C=O) groups is 2. The number of aliphatic carboxylic acids is 1. The summed E-state index contributed by atoms with van der Waals surface area (Å²) in [6.45, 7) is 4.61. The van der Waals surface area contributed by atoms with E-state index in [-0.39, 0.29) is 18.4 Å². The van der Waals surface area contributed by atoms with Crippen LogP contribution in [0.5, 0.6) is 0 Å². The van der Waals surface area contributed by atoms with Gasteiger partial charge in [-0.15, -0.1) is 0 Å². The smallest absolute Gasteiger partial charge is 0.328 e. The summed E-state index contributed by atoms with van der Waals surface area (Å²) in [5, 5.41) is 11.3. The molecule has 2 N–H and O–H groups in total. The highest BCUT2D eigenvalue weighted by Crippen LogP contribution is 2.10. The summed E-state index contributed by atoms with van der Waals surface area (Å²) in [4.78, 5) is 22.3. The van der Waals surface area contributed by atoms with Gasteiger partial charge in [0.2, 0.25) is 5.91 Å². The van der Waals surface area contributed by atoms with E-state index < -0.39 is 11.5 Å².